The summed E-state index contributed by atoms with van der Waals surface area (Å²) in [5, 5.41) is 0. The van der Waals surface area contributed by atoms with Gasteiger partial charge in [-0.25, -0.2) is 0 Å². The molecular formula is C51H74N2. The van der Waals surface area contributed by atoms with E-state index in [0.29, 0.717) is 0 Å². The van der Waals surface area contributed by atoms with Gasteiger partial charge in [0, 0.05) is 11.4 Å². The van der Waals surface area contributed by atoms with Gasteiger partial charge in [-0.2, -0.15) is 0 Å². The van der Waals surface area contributed by atoms with Gasteiger partial charge in [-0.05, 0) is 133 Å². The molecule has 53 heavy (non-hydrogen) atoms. The first kappa shape index (κ1) is 42.2. The van der Waals surface area contributed by atoms with Crippen molar-refractivity contribution in [1.29, 1.82) is 0 Å². The summed E-state index contributed by atoms with van der Waals surface area (Å²) in [6, 6.07) is 31.6. The van der Waals surface area contributed by atoms with Gasteiger partial charge >= 0.3 is 0 Å². The van der Waals surface area contributed by atoms with Crippen molar-refractivity contribution >= 4 is 11.4 Å². The summed E-state index contributed by atoms with van der Waals surface area (Å²) in [5.41, 5.74) is 25.5. The van der Waals surface area contributed by atoms with Gasteiger partial charge < -0.3 is 11.5 Å². The van der Waals surface area contributed by atoms with Crippen molar-refractivity contribution < 1.29 is 0 Å². The molecule has 0 bridgehead atoms. The molecule has 0 unspecified atom stereocenters. The molecule has 0 spiro atoms. The van der Waals surface area contributed by atoms with Gasteiger partial charge in [0.05, 0.1) is 0 Å². The van der Waals surface area contributed by atoms with Gasteiger partial charge in [-0.3, -0.25) is 0 Å². The van der Waals surface area contributed by atoms with E-state index in [4.69, 9.17) is 11.5 Å². The molecule has 4 aromatic rings. The molecule has 0 heterocycles. The van der Waals surface area contributed by atoms with Crippen LogP contribution in [0.15, 0.2) is 84.9 Å². The first-order chi connectivity index (χ1) is 26.0. The Hall–Kier alpha value is -3.52. The monoisotopic (exact) mass is 715 g/mol. The minimum absolute atomic E-state index is 0.845. The molecule has 0 saturated carbocycles. The quantitative estimate of drug-likeness (QED) is 0.0454. The maximum absolute atomic E-state index is 5.95. The van der Waals surface area contributed by atoms with Crippen molar-refractivity contribution in [3.8, 4) is 0 Å². The molecule has 0 saturated heterocycles. The molecule has 0 aliphatic heterocycles. The number of nitrogens with two attached hydrogens (primary N) is 2. The third-order valence-electron chi connectivity index (χ3n) is 11.3. The number of anilines is 2. The average molecular weight is 715 g/mol. The third kappa shape index (κ3) is 17.0. The molecule has 0 amide bonds. The average Bonchev–Trinajstić information content (AvgIpc) is 3.17. The van der Waals surface area contributed by atoms with Gasteiger partial charge in [0.15, 0.2) is 0 Å². The Labute approximate surface area is 325 Å². The fourth-order valence-electron chi connectivity index (χ4n) is 7.92. The Balaban J connectivity index is 1.12. The predicted molar refractivity (Wildman–Crippen MR) is 234 cm³/mol. The van der Waals surface area contributed by atoms with Crippen molar-refractivity contribution in [2.24, 2.45) is 0 Å². The molecule has 0 aromatic heterocycles. The van der Waals surface area contributed by atoms with E-state index in [1.807, 2.05) is 24.3 Å². The highest BCUT2D eigenvalue weighted by Crippen LogP contribution is 2.24. The van der Waals surface area contributed by atoms with Gasteiger partial charge in [0.1, 0.15) is 0 Å². The lowest BCUT2D eigenvalue weighted by Crippen LogP contribution is -1.99. The molecule has 2 nitrogen and oxygen atoms in total. The Morgan fingerprint density at radius 2 is 0.604 bits per heavy atom. The normalized spacial score (nSPS) is 11.4. The highest BCUT2D eigenvalue weighted by atomic mass is 14.5. The molecule has 0 atom stereocenters. The summed E-state index contributed by atoms with van der Waals surface area (Å²) in [6.45, 7) is 4.60. The summed E-state index contributed by atoms with van der Waals surface area (Å²) in [5.74, 6) is 0. The lowest BCUT2D eigenvalue weighted by Gasteiger charge is -2.13. The van der Waals surface area contributed by atoms with E-state index < -0.39 is 0 Å². The summed E-state index contributed by atoms with van der Waals surface area (Å²) in [4.78, 5) is 0. The molecule has 4 N–H and O–H groups in total. The maximum atomic E-state index is 5.95. The van der Waals surface area contributed by atoms with Gasteiger partial charge in [-0.1, -0.05) is 171 Å². The Kier molecular flexibility index (Phi) is 20.3. The van der Waals surface area contributed by atoms with E-state index in [2.05, 4.69) is 74.5 Å². The number of hydrogen-bond donors (Lipinski definition) is 2. The van der Waals surface area contributed by atoms with Crippen molar-refractivity contribution in [3.63, 3.8) is 0 Å². The van der Waals surface area contributed by atoms with Gasteiger partial charge in [-0.15, -0.1) is 0 Å². The predicted octanol–water partition coefficient (Wildman–Crippen LogP) is 14.4. The fourth-order valence-corrected chi connectivity index (χ4v) is 7.92. The number of hydrogen-bond acceptors (Lipinski definition) is 2. The second-order valence-electron chi connectivity index (χ2n) is 16.1. The van der Waals surface area contributed by atoms with E-state index in [-0.39, 0.29) is 0 Å². The summed E-state index contributed by atoms with van der Waals surface area (Å²) < 4.78 is 0. The van der Waals surface area contributed by atoms with Crippen LogP contribution >= 0.6 is 0 Å². The first-order valence-electron chi connectivity index (χ1n) is 21.9. The molecule has 4 aromatic carbocycles. The van der Waals surface area contributed by atoms with E-state index >= 15 is 0 Å². The Bertz CT molecular complexity index is 1420. The van der Waals surface area contributed by atoms with Crippen molar-refractivity contribution in [1.82, 2.24) is 0 Å². The molecular weight excluding hydrogens is 641 g/mol. The van der Waals surface area contributed by atoms with Gasteiger partial charge in [0.25, 0.3) is 0 Å². The number of benzene rings is 4. The Morgan fingerprint density at radius 1 is 0.302 bits per heavy atom. The number of nitrogen functional groups attached to an aromatic ring is 2. The van der Waals surface area contributed by atoms with Crippen LogP contribution in [-0.2, 0) is 38.5 Å². The van der Waals surface area contributed by atoms with E-state index in [0.717, 1.165) is 24.2 Å². The van der Waals surface area contributed by atoms with Gasteiger partial charge in [0.2, 0.25) is 0 Å². The van der Waals surface area contributed by atoms with Crippen LogP contribution in [0, 0.1) is 0 Å². The molecule has 4 rings (SSSR count). The lowest BCUT2D eigenvalue weighted by atomic mass is 9.92. The minimum atomic E-state index is 0.845. The van der Waals surface area contributed by atoms with Crippen LogP contribution in [-0.4, -0.2) is 0 Å². The standard InChI is InChI=1S/C51H74N2/c1-3-5-7-14-20-24-46-38-42(26-32-48(46)40-44-28-34-50(52)35-29-44)22-18-16-12-10-9-11-13-17-19-23-43-27-33-49(41-45-30-36-51(53)37-31-45)47(39-43)25-21-15-8-6-4-2/h26-39H,3-25,40-41,52-53H2,1-2H3. The van der Waals surface area contributed by atoms with Crippen LogP contribution in [0.5, 0.6) is 0 Å². The number of aryl methyl sites for hydroxylation is 4. The summed E-state index contributed by atoms with van der Waals surface area (Å²) in [6.07, 6.45) is 32.5. The lowest BCUT2D eigenvalue weighted by molar-refractivity contribution is 0.558. The summed E-state index contributed by atoms with van der Waals surface area (Å²) >= 11 is 0. The largest absolute Gasteiger partial charge is 0.399 e. The molecule has 0 aliphatic rings. The summed E-state index contributed by atoms with van der Waals surface area (Å²) in [7, 11) is 0. The zero-order valence-electron chi connectivity index (χ0n) is 33.9. The van der Waals surface area contributed by atoms with E-state index in [9.17, 15) is 0 Å². The minimum Gasteiger partial charge on any atom is -0.399 e. The third-order valence-corrected chi connectivity index (χ3v) is 11.3. The topological polar surface area (TPSA) is 52.0 Å². The van der Waals surface area contributed by atoms with Crippen LogP contribution in [0.3, 0.4) is 0 Å². The first-order valence-corrected chi connectivity index (χ1v) is 21.9. The van der Waals surface area contributed by atoms with Crippen molar-refractivity contribution in [2.75, 3.05) is 11.5 Å². The molecule has 288 valence electrons. The van der Waals surface area contributed by atoms with Crippen molar-refractivity contribution in [3.05, 3.63) is 129 Å². The van der Waals surface area contributed by atoms with Crippen LogP contribution < -0.4 is 11.5 Å². The molecule has 0 radical (unpaired) electrons. The maximum Gasteiger partial charge on any atom is 0.0314 e. The fraction of sp³-hybridized carbons (Fsp3) is 0.529. The second kappa shape index (κ2) is 25.5. The molecule has 0 fully saturated rings. The number of rotatable bonds is 28. The van der Waals surface area contributed by atoms with Crippen LogP contribution in [0.2, 0.25) is 0 Å². The SMILES string of the molecule is CCCCCCCc1cc(CCCCCCCCCCCc2ccc(Cc3ccc(N)cc3)c(CCCCCCC)c2)ccc1Cc1ccc(N)cc1. The second-order valence-corrected chi connectivity index (χ2v) is 16.1. The Morgan fingerprint density at radius 3 is 0.962 bits per heavy atom. The molecule has 0 aliphatic carbocycles. The van der Waals surface area contributed by atoms with E-state index in [1.54, 1.807) is 11.1 Å². The zero-order chi connectivity index (χ0) is 37.4. The van der Waals surface area contributed by atoms with Crippen LogP contribution in [0.1, 0.15) is 180 Å². The molecule has 2 heteroatoms. The van der Waals surface area contributed by atoms with E-state index in [1.165, 1.54) is 181 Å². The zero-order valence-corrected chi connectivity index (χ0v) is 33.9. The highest BCUT2D eigenvalue weighted by molar-refractivity contribution is 5.43. The number of unbranched alkanes of at least 4 members (excludes halogenated alkanes) is 16. The van der Waals surface area contributed by atoms with Crippen LogP contribution in [0.25, 0.3) is 0 Å². The highest BCUT2D eigenvalue weighted by Gasteiger charge is 2.09. The van der Waals surface area contributed by atoms with Crippen molar-refractivity contribution in [2.45, 2.75) is 174 Å². The smallest absolute Gasteiger partial charge is 0.0314 e. The van der Waals surface area contributed by atoms with Crippen LogP contribution in [0.4, 0.5) is 11.4 Å².